The Bertz CT molecular complexity index is 977. The van der Waals surface area contributed by atoms with E-state index in [1.165, 1.54) is 11.3 Å². The predicted molar refractivity (Wildman–Crippen MR) is 112 cm³/mol. The molecule has 3 aromatic rings. The van der Waals surface area contributed by atoms with Crippen LogP contribution in [0.2, 0.25) is 0 Å². The molecular formula is C21H21N5O2S. The van der Waals surface area contributed by atoms with Crippen LogP contribution in [0.25, 0.3) is 0 Å². The van der Waals surface area contributed by atoms with E-state index in [2.05, 4.69) is 20.6 Å². The first-order valence-corrected chi connectivity index (χ1v) is 10.3. The SMILES string of the molecule is O=C(NCc1ccccn1)C1CCCN1C(=O)c1csc(Nc2ccccc2)n1. The number of likely N-dealkylation sites (tertiary alicyclic amines) is 1. The van der Waals surface area contributed by atoms with Crippen LogP contribution in [-0.4, -0.2) is 39.3 Å². The molecule has 0 aliphatic carbocycles. The molecule has 1 unspecified atom stereocenters. The Balaban J connectivity index is 1.39. The number of carbonyl (C=O) groups is 2. The average Bonchev–Trinajstić information content (AvgIpc) is 3.43. The Morgan fingerprint density at radius 2 is 1.97 bits per heavy atom. The molecule has 148 valence electrons. The highest BCUT2D eigenvalue weighted by Crippen LogP contribution is 2.24. The molecule has 1 aliphatic heterocycles. The first kappa shape index (κ1) is 19.1. The van der Waals surface area contributed by atoms with Crippen molar-refractivity contribution in [1.29, 1.82) is 0 Å². The van der Waals surface area contributed by atoms with Gasteiger partial charge >= 0.3 is 0 Å². The second-order valence-electron chi connectivity index (χ2n) is 6.72. The Morgan fingerprint density at radius 3 is 2.76 bits per heavy atom. The van der Waals surface area contributed by atoms with Gasteiger partial charge in [-0.15, -0.1) is 11.3 Å². The Morgan fingerprint density at radius 1 is 1.14 bits per heavy atom. The lowest BCUT2D eigenvalue weighted by atomic mass is 10.2. The number of nitrogens with zero attached hydrogens (tertiary/aromatic N) is 3. The number of nitrogens with one attached hydrogen (secondary N) is 2. The monoisotopic (exact) mass is 407 g/mol. The molecule has 0 radical (unpaired) electrons. The molecule has 1 aliphatic rings. The standard InChI is InChI=1S/C21H21N5O2S/c27-19(23-13-16-9-4-5-11-22-16)18-10-6-12-26(18)20(28)17-14-29-21(25-17)24-15-7-2-1-3-8-15/h1-5,7-9,11,14,18H,6,10,12-13H2,(H,23,27)(H,24,25). The fourth-order valence-electron chi connectivity index (χ4n) is 3.30. The van der Waals surface area contributed by atoms with E-state index in [0.717, 1.165) is 17.8 Å². The van der Waals surface area contributed by atoms with Crippen LogP contribution in [0.3, 0.4) is 0 Å². The van der Waals surface area contributed by atoms with E-state index in [1.54, 1.807) is 16.5 Å². The van der Waals surface area contributed by atoms with Crippen molar-refractivity contribution in [3.8, 4) is 0 Å². The zero-order valence-electron chi connectivity index (χ0n) is 15.7. The molecule has 8 heteroatoms. The summed E-state index contributed by atoms with van der Waals surface area (Å²) < 4.78 is 0. The lowest BCUT2D eigenvalue weighted by molar-refractivity contribution is -0.125. The Kier molecular flexibility index (Phi) is 5.81. The third kappa shape index (κ3) is 4.60. The molecule has 0 spiro atoms. The van der Waals surface area contributed by atoms with Gasteiger partial charge in [-0.1, -0.05) is 24.3 Å². The summed E-state index contributed by atoms with van der Waals surface area (Å²) in [7, 11) is 0. The van der Waals surface area contributed by atoms with Crippen molar-refractivity contribution in [1.82, 2.24) is 20.2 Å². The summed E-state index contributed by atoms with van der Waals surface area (Å²) in [5.41, 5.74) is 2.06. The van der Waals surface area contributed by atoms with Crippen LogP contribution in [0.5, 0.6) is 0 Å². The summed E-state index contributed by atoms with van der Waals surface area (Å²) in [6.45, 7) is 0.902. The number of thiazole rings is 1. The van der Waals surface area contributed by atoms with Crippen LogP contribution >= 0.6 is 11.3 Å². The third-order valence-electron chi connectivity index (χ3n) is 4.73. The minimum atomic E-state index is -0.474. The van der Waals surface area contributed by atoms with Gasteiger partial charge in [0.2, 0.25) is 5.91 Å². The van der Waals surface area contributed by atoms with E-state index < -0.39 is 6.04 Å². The molecule has 1 fully saturated rings. The molecule has 2 amide bonds. The van der Waals surface area contributed by atoms with Gasteiger partial charge in [0.05, 0.1) is 12.2 Å². The van der Waals surface area contributed by atoms with Gasteiger partial charge in [0, 0.05) is 23.8 Å². The number of para-hydroxylation sites is 1. The van der Waals surface area contributed by atoms with Crippen molar-refractivity contribution in [2.45, 2.75) is 25.4 Å². The largest absolute Gasteiger partial charge is 0.349 e. The molecule has 1 saturated heterocycles. The molecule has 29 heavy (non-hydrogen) atoms. The van der Waals surface area contributed by atoms with Crippen LogP contribution in [0.15, 0.2) is 60.1 Å². The molecule has 2 aromatic heterocycles. The second kappa shape index (κ2) is 8.83. The maximum Gasteiger partial charge on any atom is 0.274 e. The van der Waals surface area contributed by atoms with Gasteiger partial charge in [-0.25, -0.2) is 4.98 Å². The molecule has 0 bridgehead atoms. The van der Waals surface area contributed by atoms with Gasteiger partial charge < -0.3 is 15.5 Å². The minimum Gasteiger partial charge on any atom is -0.349 e. The van der Waals surface area contributed by atoms with Gasteiger partial charge in [-0.05, 0) is 37.1 Å². The maximum absolute atomic E-state index is 13.0. The molecule has 7 nitrogen and oxygen atoms in total. The van der Waals surface area contributed by atoms with Gasteiger partial charge in [0.1, 0.15) is 11.7 Å². The number of hydrogen-bond acceptors (Lipinski definition) is 6. The summed E-state index contributed by atoms with van der Waals surface area (Å²) in [6.07, 6.45) is 3.14. The lowest BCUT2D eigenvalue weighted by Gasteiger charge is -2.23. The number of rotatable bonds is 6. The zero-order chi connectivity index (χ0) is 20.1. The summed E-state index contributed by atoms with van der Waals surface area (Å²) in [5, 5.41) is 8.46. The van der Waals surface area contributed by atoms with E-state index >= 15 is 0 Å². The quantitative estimate of drug-likeness (QED) is 0.655. The summed E-state index contributed by atoms with van der Waals surface area (Å²) in [5.74, 6) is -0.364. The van der Waals surface area contributed by atoms with Crippen LogP contribution in [0.4, 0.5) is 10.8 Å². The molecule has 4 rings (SSSR count). The van der Waals surface area contributed by atoms with E-state index in [-0.39, 0.29) is 11.8 Å². The highest BCUT2D eigenvalue weighted by atomic mass is 32.1. The first-order chi connectivity index (χ1) is 14.2. The number of hydrogen-bond donors (Lipinski definition) is 2. The van der Waals surface area contributed by atoms with Crippen molar-refractivity contribution in [3.63, 3.8) is 0 Å². The molecule has 1 atom stereocenters. The number of amides is 2. The highest BCUT2D eigenvalue weighted by molar-refractivity contribution is 7.14. The predicted octanol–water partition coefficient (Wildman–Crippen LogP) is 3.20. The summed E-state index contributed by atoms with van der Waals surface area (Å²) in [6, 6.07) is 14.8. The Labute approximate surface area is 172 Å². The van der Waals surface area contributed by atoms with Crippen LogP contribution in [0.1, 0.15) is 29.0 Å². The normalized spacial score (nSPS) is 15.9. The van der Waals surface area contributed by atoms with Gasteiger partial charge in [0.15, 0.2) is 5.13 Å². The fraction of sp³-hybridized carbons (Fsp3) is 0.238. The van der Waals surface area contributed by atoms with Crippen molar-refractivity contribution >= 4 is 34.0 Å². The fourth-order valence-corrected chi connectivity index (χ4v) is 4.01. The maximum atomic E-state index is 13.0. The van der Waals surface area contributed by atoms with E-state index in [4.69, 9.17) is 0 Å². The average molecular weight is 407 g/mol. The smallest absolute Gasteiger partial charge is 0.274 e. The van der Waals surface area contributed by atoms with E-state index in [1.807, 2.05) is 48.5 Å². The van der Waals surface area contributed by atoms with Crippen molar-refractivity contribution < 1.29 is 9.59 Å². The number of pyridine rings is 1. The molecular weight excluding hydrogens is 386 g/mol. The van der Waals surface area contributed by atoms with Crippen molar-refractivity contribution in [2.24, 2.45) is 0 Å². The molecule has 1 aromatic carbocycles. The molecule has 0 saturated carbocycles. The minimum absolute atomic E-state index is 0.153. The number of carbonyl (C=O) groups excluding carboxylic acids is 2. The van der Waals surface area contributed by atoms with E-state index in [0.29, 0.717) is 30.3 Å². The number of aromatic nitrogens is 2. The number of benzene rings is 1. The molecule has 3 heterocycles. The second-order valence-corrected chi connectivity index (χ2v) is 7.58. The Hall–Kier alpha value is -3.26. The van der Waals surface area contributed by atoms with Crippen LogP contribution < -0.4 is 10.6 Å². The van der Waals surface area contributed by atoms with Crippen LogP contribution in [-0.2, 0) is 11.3 Å². The summed E-state index contributed by atoms with van der Waals surface area (Å²) >= 11 is 1.37. The van der Waals surface area contributed by atoms with Crippen LogP contribution in [0, 0.1) is 0 Å². The third-order valence-corrected chi connectivity index (χ3v) is 5.49. The topological polar surface area (TPSA) is 87.2 Å². The molecule has 2 N–H and O–H groups in total. The number of anilines is 2. The van der Waals surface area contributed by atoms with E-state index in [9.17, 15) is 9.59 Å². The van der Waals surface area contributed by atoms with Crippen molar-refractivity contribution in [2.75, 3.05) is 11.9 Å². The lowest BCUT2D eigenvalue weighted by Crippen LogP contribution is -2.45. The summed E-state index contributed by atoms with van der Waals surface area (Å²) in [4.78, 5) is 35.8. The first-order valence-electron chi connectivity index (χ1n) is 9.47. The van der Waals surface area contributed by atoms with Gasteiger partial charge in [-0.2, -0.15) is 0 Å². The zero-order valence-corrected chi connectivity index (χ0v) is 16.6. The van der Waals surface area contributed by atoms with Crippen molar-refractivity contribution in [3.05, 3.63) is 71.5 Å². The highest BCUT2D eigenvalue weighted by Gasteiger charge is 2.35. The van der Waals surface area contributed by atoms with Gasteiger partial charge in [0.25, 0.3) is 5.91 Å². The van der Waals surface area contributed by atoms with Gasteiger partial charge in [-0.3, -0.25) is 14.6 Å².